The highest BCUT2D eigenvalue weighted by atomic mass is 16.6. The van der Waals surface area contributed by atoms with Crippen LogP contribution in [0.5, 0.6) is 0 Å². The second-order valence-electron chi connectivity index (χ2n) is 5.33. The Morgan fingerprint density at radius 3 is 2.35 bits per heavy atom. The van der Waals surface area contributed by atoms with Gasteiger partial charge in [0.1, 0.15) is 13.4 Å². The lowest BCUT2D eigenvalue weighted by Gasteiger charge is -2.39. The normalized spacial score (nSPS) is 33.9. The van der Waals surface area contributed by atoms with Crippen molar-refractivity contribution < 1.29 is 24.9 Å². The van der Waals surface area contributed by atoms with E-state index in [2.05, 4.69) is 0 Å². The molecule has 0 aromatic carbocycles. The highest BCUT2D eigenvalue weighted by Gasteiger charge is 2.54. The summed E-state index contributed by atoms with van der Waals surface area (Å²) < 4.78 is 5.03. The van der Waals surface area contributed by atoms with Crippen molar-refractivity contribution in [2.45, 2.75) is 50.6 Å². The molecule has 1 fully saturated rings. The summed E-state index contributed by atoms with van der Waals surface area (Å²) in [7, 11) is 5.50. The number of aliphatic hydroxyl groups is 3. The molecule has 6 nitrogen and oxygen atoms in total. The molecule has 17 heavy (non-hydrogen) atoms. The van der Waals surface area contributed by atoms with E-state index >= 15 is 0 Å². The first-order valence-corrected chi connectivity index (χ1v) is 5.40. The van der Waals surface area contributed by atoms with E-state index in [1.54, 1.807) is 20.8 Å². The zero-order chi connectivity index (χ0) is 13.5. The van der Waals surface area contributed by atoms with Gasteiger partial charge in [-0.2, -0.15) is 0 Å². The van der Waals surface area contributed by atoms with Crippen molar-refractivity contribution in [2.24, 2.45) is 0 Å². The van der Waals surface area contributed by atoms with Crippen LogP contribution in [0.1, 0.15) is 33.6 Å². The molecular formula is C10H18BNO5. The summed E-state index contributed by atoms with van der Waals surface area (Å²) in [6.45, 7) is 4.23. The number of aliphatic hydroxyl groups excluding tert-OH is 1. The molecule has 1 amide bonds. The zero-order valence-corrected chi connectivity index (χ0v) is 10.3. The Balaban J connectivity index is 2.95. The van der Waals surface area contributed by atoms with Gasteiger partial charge < -0.3 is 20.1 Å². The molecule has 96 valence electrons. The van der Waals surface area contributed by atoms with Crippen LogP contribution in [-0.2, 0) is 4.74 Å². The van der Waals surface area contributed by atoms with Crippen LogP contribution in [0.3, 0.4) is 0 Å². The van der Waals surface area contributed by atoms with Gasteiger partial charge in [-0.1, -0.05) is 0 Å². The van der Waals surface area contributed by atoms with E-state index in [0.717, 1.165) is 0 Å². The highest BCUT2D eigenvalue weighted by Crippen LogP contribution is 2.37. The lowest BCUT2D eigenvalue weighted by atomic mass is 9.89. The summed E-state index contributed by atoms with van der Waals surface area (Å²) >= 11 is 0. The van der Waals surface area contributed by atoms with Crippen LogP contribution in [0, 0.1) is 0 Å². The molecule has 0 aliphatic carbocycles. The van der Waals surface area contributed by atoms with Gasteiger partial charge >= 0.3 is 6.09 Å². The molecule has 1 rings (SSSR count). The van der Waals surface area contributed by atoms with E-state index in [4.69, 9.17) is 17.7 Å². The van der Waals surface area contributed by atoms with Crippen LogP contribution >= 0.6 is 0 Å². The molecular weight excluding hydrogens is 225 g/mol. The van der Waals surface area contributed by atoms with Crippen molar-refractivity contribution in [3.05, 3.63) is 0 Å². The average molecular weight is 243 g/mol. The summed E-state index contributed by atoms with van der Waals surface area (Å²) in [5.74, 6) is 0. The molecule has 0 aromatic rings. The molecule has 1 aliphatic heterocycles. The molecule has 1 heterocycles. The Morgan fingerprint density at radius 1 is 1.41 bits per heavy atom. The Labute approximate surface area is 102 Å². The molecule has 2 radical (unpaired) electrons. The predicted molar refractivity (Wildman–Crippen MR) is 60.0 cm³/mol. The molecule has 0 bridgehead atoms. The number of hydrogen-bond acceptors (Lipinski definition) is 5. The maximum Gasteiger partial charge on any atom is 0.414 e. The molecule has 7 heteroatoms. The number of nitrogens with zero attached hydrogens (tertiary/aromatic N) is 1. The quantitative estimate of drug-likeness (QED) is 0.541. The standard InChI is InChI=1S/C10H18BNO5/c1-8(2,3)17-7(14)12-9(15,6-13)4-5-10(12,11)16/h13,15-16H,4-6H2,1-3H3/t9-,10?/m1/s1. The minimum Gasteiger partial charge on any atom is -0.444 e. The molecule has 0 aromatic heterocycles. The second-order valence-corrected chi connectivity index (χ2v) is 5.33. The third-order valence-electron chi connectivity index (χ3n) is 2.53. The van der Waals surface area contributed by atoms with Crippen molar-refractivity contribution in [1.82, 2.24) is 4.90 Å². The second kappa shape index (κ2) is 4.15. The number of rotatable bonds is 1. The van der Waals surface area contributed by atoms with Gasteiger partial charge in [0.15, 0.2) is 5.72 Å². The van der Waals surface area contributed by atoms with E-state index in [1.807, 2.05) is 0 Å². The number of likely N-dealkylation sites (tertiary alicyclic amines) is 1. The van der Waals surface area contributed by atoms with E-state index in [-0.39, 0.29) is 12.8 Å². The fourth-order valence-corrected chi connectivity index (χ4v) is 1.75. The third kappa shape index (κ3) is 2.91. The van der Waals surface area contributed by atoms with E-state index in [0.29, 0.717) is 4.90 Å². The van der Waals surface area contributed by atoms with Crippen LogP contribution in [0.15, 0.2) is 0 Å². The Kier molecular flexibility index (Phi) is 3.49. The largest absolute Gasteiger partial charge is 0.444 e. The molecule has 1 unspecified atom stereocenters. The van der Waals surface area contributed by atoms with Gasteiger partial charge in [0.05, 0.1) is 12.2 Å². The maximum atomic E-state index is 11.8. The monoisotopic (exact) mass is 243 g/mol. The number of carbonyl (C=O) groups is 1. The fourth-order valence-electron chi connectivity index (χ4n) is 1.75. The van der Waals surface area contributed by atoms with Crippen LogP contribution in [0.4, 0.5) is 4.79 Å². The lowest BCUT2D eigenvalue weighted by molar-refractivity contribution is -0.158. The average Bonchev–Trinajstić information content (AvgIpc) is 2.35. The fraction of sp³-hybridized carbons (Fsp3) is 0.900. The Hall–Kier alpha value is -0.785. The minimum absolute atomic E-state index is 0.0181. The SMILES string of the molecule is [B]C1(O)CC[C@@](O)(CO)N1C(=O)OC(C)(C)C. The molecule has 3 N–H and O–H groups in total. The van der Waals surface area contributed by atoms with Crippen LogP contribution in [0.2, 0.25) is 0 Å². The summed E-state index contributed by atoms with van der Waals surface area (Å²) in [5, 5.41) is 28.9. The number of hydrogen-bond donors (Lipinski definition) is 3. The summed E-state index contributed by atoms with van der Waals surface area (Å²) in [5.41, 5.74) is -4.68. The third-order valence-corrected chi connectivity index (χ3v) is 2.53. The molecule has 0 spiro atoms. The Bertz CT molecular complexity index is 314. The molecule has 1 aliphatic rings. The van der Waals surface area contributed by atoms with Crippen molar-refractivity contribution >= 4 is 13.9 Å². The van der Waals surface area contributed by atoms with Gasteiger partial charge in [0.2, 0.25) is 0 Å². The number of carbonyl (C=O) groups excluding carboxylic acids is 1. The summed E-state index contributed by atoms with van der Waals surface area (Å²) in [6, 6.07) is 0. The van der Waals surface area contributed by atoms with Crippen LogP contribution < -0.4 is 0 Å². The van der Waals surface area contributed by atoms with Crippen molar-refractivity contribution in [3.8, 4) is 0 Å². The predicted octanol–water partition coefficient (Wildman–Crippen LogP) is -0.487. The van der Waals surface area contributed by atoms with Gasteiger partial charge in [0, 0.05) is 6.42 Å². The smallest absolute Gasteiger partial charge is 0.414 e. The maximum absolute atomic E-state index is 11.8. The van der Waals surface area contributed by atoms with Crippen LogP contribution in [0.25, 0.3) is 0 Å². The van der Waals surface area contributed by atoms with Gasteiger partial charge in [0.25, 0.3) is 0 Å². The summed E-state index contributed by atoms with van der Waals surface area (Å²) in [6.07, 6.45) is -1.02. The van der Waals surface area contributed by atoms with E-state index in [9.17, 15) is 15.0 Å². The Morgan fingerprint density at radius 2 is 1.94 bits per heavy atom. The van der Waals surface area contributed by atoms with Gasteiger partial charge in [-0.05, 0) is 27.2 Å². The molecule has 2 atom stereocenters. The topological polar surface area (TPSA) is 90.2 Å². The first-order chi connectivity index (χ1) is 7.52. The zero-order valence-electron chi connectivity index (χ0n) is 10.3. The van der Waals surface area contributed by atoms with Crippen molar-refractivity contribution in [2.75, 3.05) is 6.61 Å². The van der Waals surface area contributed by atoms with Crippen molar-refractivity contribution in [1.29, 1.82) is 0 Å². The van der Waals surface area contributed by atoms with Gasteiger partial charge in [-0.15, -0.1) is 0 Å². The highest BCUT2D eigenvalue weighted by molar-refractivity contribution is 6.15. The number of amides is 1. The minimum atomic E-state index is -2.01. The van der Waals surface area contributed by atoms with E-state index in [1.165, 1.54) is 0 Å². The molecule has 1 saturated heterocycles. The van der Waals surface area contributed by atoms with Crippen LogP contribution in [-0.4, -0.2) is 57.7 Å². The van der Waals surface area contributed by atoms with Crippen molar-refractivity contribution in [3.63, 3.8) is 0 Å². The first-order valence-electron chi connectivity index (χ1n) is 5.40. The van der Waals surface area contributed by atoms with Gasteiger partial charge in [-0.3, -0.25) is 4.90 Å². The summed E-state index contributed by atoms with van der Waals surface area (Å²) in [4.78, 5) is 12.4. The van der Waals surface area contributed by atoms with Gasteiger partial charge in [-0.25, -0.2) is 4.79 Å². The number of ether oxygens (including phenoxy) is 1. The van der Waals surface area contributed by atoms with E-state index < -0.39 is 29.7 Å². The molecule has 0 saturated carbocycles. The first kappa shape index (κ1) is 14.3. The lowest BCUT2D eigenvalue weighted by Crippen LogP contribution is -2.60.